The third kappa shape index (κ3) is 9.81. The standard InChI is InChI=1S/C34H47N7O7/c1-8-22(18-42)37-31(44)27-15-23(48-34(47)38-25-12-10-9-11-24(25)19(2)3)17-41(27)33(46)29(21(6)7)40-32(45)28(20(4)5)39-30(43)26-16-35-13-14-36-26/h9-14,16,18-23,27-29H,8,15,17H2,1-7H3,(H,37,44)(H,38,47)(H,39,43)(H,40,45)/t22-,23+,27-,28-,29-/m0/s1. The molecule has 5 amide bonds. The molecule has 14 nitrogen and oxygen atoms in total. The lowest BCUT2D eigenvalue weighted by Gasteiger charge is -2.32. The van der Waals surface area contributed by atoms with Crippen LogP contribution in [0.3, 0.4) is 0 Å². The fraction of sp³-hybridized carbons (Fsp3) is 0.529. The van der Waals surface area contributed by atoms with Crippen molar-refractivity contribution in [3.63, 3.8) is 0 Å². The first-order chi connectivity index (χ1) is 22.8. The number of nitrogens with zero attached hydrogens (tertiary/aromatic N) is 3. The summed E-state index contributed by atoms with van der Waals surface area (Å²) in [6, 6.07) is 3.37. The van der Waals surface area contributed by atoms with Crippen LogP contribution in [0.15, 0.2) is 42.9 Å². The average molecular weight is 666 g/mol. The summed E-state index contributed by atoms with van der Waals surface area (Å²) in [5, 5.41) is 10.9. The molecule has 1 fully saturated rings. The Morgan fingerprint density at radius 1 is 0.958 bits per heavy atom. The van der Waals surface area contributed by atoms with Gasteiger partial charge in [-0.1, -0.05) is 66.7 Å². The third-order valence-electron chi connectivity index (χ3n) is 8.14. The number of aldehydes is 1. The molecule has 2 heterocycles. The number of ether oxygens (including phenoxy) is 1. The second-order valence-corrected chi connectivity index (χ2v) is 12.8. The maximum absolute atomic E-state index is 14.1. The first kappa shape index (κ1) is 37.6. The zero-order valence-electron chi connectivity index (χ0n) is 28.6. The summed E-state index contributed by atoms with van der Waals surface area (Å²) < 4.78 is 5.71. The first-order valence-corrected chi connectivity index (χ1v) is 16.3. The minimum atomic E-state index is -1.10. The highest BCUT2D eigenvalue weighted by Crippen LogP contribution is 2.26. The van der Waals surface area contributed by atoms with Crippen molar-refractivity contribution in [3.05, 3.63) is 54.1 Å². The van der Waals surface area contributed by atoms with Crippen molar-refractivity contribution in [3.8, 4) is 0 Å². The number of hydrogen-bond donors (Lipinski definition) is 4. The van der Waals surface area contributed by atoms with E-state index in [4.69, 9.17) is 4.74 Å². The summed E-state index contributed by atoms with van der Waals surface area (Å²) in [5.74, 6) is -3.00. The number of carbonyl (C=O) groups excluding carboxylic acids is 6. The van der Waals surface area contributed by atoms with Gasteiger partial charge in [0, 0.05) is 24.5 Å². The second-order valence-electron chi connectivity index (χ2n) is 12.8. The summed E-state index contributed by atoms with van der Waals surface area (Å²) in [6.07, 6.45) is 3.40. The van der Waals surface area contributed by atoms with Gasteiger partial charge < -0.3 is 30.4 Å². The van der Waals surface area contributed by atoms with Crippen molar-refractivity contribution in [2.24, 2.45) is 11.8 Å². The Balaban J connectivity index is 1.82. The Morgan fingerprint density at radius 2 is 1.65 bits per heavy atom. The molecule has 0 bridgehead atoms. The molecule has 1 aliphatic rings. The molecule has 3 rings (SSSR count). The van der Waals surface area contributed by atoms with Crippen LogP contribution in [0.2, 0.25) is 0 Å². The molecule has 1 aliphatic heterocycles. The van der Waals surface area contributed by atoms with E-state index in [0.29, 0.717) is 18.4 Å². The smallest absolute Gasteiger partial charge is 0.411 e. The summed E-state index contributed by atoms with van der Waals surface area (Å²) >= 11 is 0. The van der Waals surface area contributed by atoms with E-state index in [1.54, 1.807) is 46.8 Å². The summed E-state index contributed by atoms with van der Waals surface area (Å²) in [7, 11) is 0. The maximum Gasteiger partial charge on any atom is 0.411 e. The maximum atomic E-state index is 14.1. The number of aromatic nitrogens is 2. The minimum absolute atomic E-state index is 0.0202. The SMILES string of the molecule is CC[C@@H](C=O)NC(=O)[C@@H]1C[C@@H](OC(=O)Nc2ccccc2C(C)C)CN1C(=O)[C@@H](NC(=O)[C@@H](NC(=O)c1cnccn1)C(C)C)C(C)C. The van der Waals surface area contributed by atoms with E-state index in [1.165, 1.54) is 23.5 Å². The van der Waals surface area contributed by atoms with Gasteiger partial charge in [-0.2, -0.15) is 0 Å². The van der Waals surface area contributed by atoms with Crippen LogP contribution in [0.5, 0.6) is 0 Å². The highest BCUT2D eigenvalue weighted by molar-refractivity contribution is 5.98. The third-order valence-corrected chi connectivity index (χ3v) is 8.14. The van der Waals surface area contributed by atoms with E-state index >= 15 is 0 Å². The first-order valence-electron chi connectivity index (χ1n) is 16.3. The molecule has 48 heavy (non-hydrogen) atoms. The molecule has 0 unspecified atom stereocenters. The van der Waals surface area contributed by atoms with Gasteiger partial charge in [-0.25, -0.2) is 9.78 Å². The molecule has 0 aliphatic carbocycles. The van der Waals surface area contributed by atoms with Crippen molar-refractivity contribution in [1.82, 2.24) is 30.8 Å². The van der Waals surface area contributed by atoms with Gasteiger partial charge in [0.05, 0.1) is 18.8 Å². The number of likely N-dealkylation sites (tertiary alicyclic amines) is 1. The second kappa shape index (κ2) is 17.3. The quantitative estimate of drug-likeness (QED) is 0.220. The summed E-state index contributed by atoms with van der Waals surface area (Å²) in [6.45, 7) is 12.6. The van der Waals surface area contributed by atoms with Gasteiger partial charge in [-0.15, -0.1) is 0 Å². The Bertz CT molecular complexity index is 1450. The molecule has 0 radical (unpaired) electrons. The number of para-hydroxylation sites is 1. The van der Waals surface area contributed by atoms with Crippen LogP contribution in [0.25, 0.3) is 0 Å². The molecule has 4 N–H and O–H groups in total. The largest absolute Gasteiger partial charge is 0.444 e. The van der Waals surface area contributed by atoms with Crippen LogP contribution in [0, 0.1) is 11.8 Å². The minimum Gasteiger partial charge on any atom is -0.444 e. The number of hydrogen-bond acceptors (Lipinski definition) is 9. The number of anilines is 1. The van der Waals surface area contributed by atoms with Gasteiger partial charge in [0.1, 0.15) is 36.2 Å². The molecular weight excluding hydrogens is 618 g/mol. The molecule has 1 aromatic carbocycles. The van der Waals surface area contributed by atoms with Crippen molar-refractivity contribution >= 4 is 41.7 Å². The predicted octanol–water partition coefficient (Wildman–Crippen LogP) is 2.81. The molecular formula is C34H47N7O7. The van der Waals surface area contributed by atoms with Gasteiger partial charge in [-0.3, -0.25) is 29.5 Å². The van der Waals surface area contributed by atoms with Crippen LogP contribution in [-0.2, 0) is 23.9 Å². The van der Waals surface area contributed by atoms with Crippen LogP contribution in [-0.4, -0.2) is 87.7 Å². The van der Waals surface area contributed by atoms with E-state index in [9.17, 15) is 28.8 Å². The van der Waals surface area contributed by atoms with E-state index in [2.05, 4.69) is 31.2 Å². The molecule has 0 saturated carbocycles. The van der Waals surface area contributed by atoms with Crippen molar-refractivity contribution in [1.29, 1.82) is 0 Å². The Hall–Kier alpha value is -4.88. The number of rotatable bonds is 14. The van der Waals surface area contributed by atoms with Gasteiger partial charge in [0.25, 0.3) is 5.91 Å². The zero-order valence-corrected chi connectivity index (χ0v) is 28.6. The molecule has 0 spiro atoms. The molecule has 1 aromatic heterocycles. The zero-order chi connectivity index (χ0) is 35.5. The summed E-state index contributed by atoms with van der Waals surface area (Å²) in [4.78, 5) is 87.6. The van der Waals surface area contributed by atoms with Crippen LogP contribution < -0.4 is 21.3 Å². The van der Waals surface area contributed by atoms with Crippen LogP contribution >= 0.6 is 0 Å². The van der Waals surface area contributed by atoms with Gasteiger partial charge >= 0.3 is 6.09 Å². The van der Waals surface area contributed by atoms with E-state index < -0.39 is 65.9 Å². The molecule has 1 saturated heterocycles. The molecule has 2 aromatic rings. The number of nitrogens with one attached hydrogen (secondary N) is 4. The lowest BCUT2D eigenvalue weighted by Crippen LogP contribution is -2.59. The van der Waals surface area contributed by atoms with Gasteiger partial charge in [-0.05, 0) is 35.8 Å². The van der Waals surface area contributed by atoms with Crippen LogP contribution in [0.4, 0.5) is 10.5 Å². The lowest BCUT2D eigenvalue weighted by atomic mass is 9.98. The Morgan fingerprint density at radius 3 is 2.23 bits per heavy atom. The van der Waals surface area contributed by atoms with Gasteiger partial charge in [0.2, 0.25) is 17.7 Å². The average Bonchev–Trinajstić information content (AvgIpc) is 3.48. The number of carbonyl (C=O) groups is 6. The van der Waals surface area contributed by atoms with E-state index in [0.717, 1.165) is 5.56 Å². The fourth-order valence-electron chi connectivity index (χ4n) is 5.39. The van der Waals surface area contributed by atoms with E-state index in [-0.39, 0.29) is 30.5 Å². The van der Waals surface area contributed by atoms with E-state index in [1.807, 2.05) is 26.0 Å². The Labute approximate surface area is 281 Å². The van der Waals surface area contributed by atoms with Crippen LogP contribution in [0.1, 0.15) is 83.3 Å². The topological polar surface area (TPSA) is 189 Å². The van der Waals surface area contributed by atoms with Crippen molar-refractivity contribution < 1.29 is 33.5 Å². The Kier molecular flexibility index (Phi) is 13.6. The lowest BCUT2D eigenvalue weighted by molar-refractivity contribution is -0.143. The molecule has 260 valence electrons. The predicted molar refractivity (Wildman–Crippen MR) is 178 cm³/mol. The summed E-state index contributed by atoms with van der Waals surface area (Å²) in [5.41, 5.74) is 1.53. The number of benzene rings is 1. The highest BCUT2D eigenvalue weighted by Gasteiger charge is 2.45. The highest BCUT2D eigenvalue weighted by atomic mass is 16.6. The molecule has 5 atom stereocenters. The number of amides is 5. The monoisotopic (exact) mass is 665 g/mol. The van der Waals surface area contributed by atoms with Crippen molar-refractivity contribution in [2.45, 2.75) is 97.5 Å². The molecule has 14 heteroatoms. The normalized spacial score (nSPS) is 17.8. The van der Waals surface area contributed by atoms with Crippen molar-refractivity contribution in [2.75, 3.05) is 11.9 Å². The van der Waals surface area contributed by atoms with Gasteiger partial charge in [0.15, 0.2) is 0 Å². The fourth-order valence-corrected chi connectivity index (χ4v) is 5.39.